The van der Waals surface area contributed by atoms with Gasteiger partial charge in [-0.05, 0) is 33.2 Å². The number of nitrogens with zero attached hydrogens (tertiary/aromatic N) is 4. The van der Waals surface area contributed by atoms with Crippen LogP contribution in [0.1, 0.15) is 12.7 Å². The van der Waals surface area contributed by atoms with Crippen LogP contribution in [0.3, 0.4) is 0 Å². The number of fused-ring (bicyclic) bond motifs is 1. The number of hydrogen-bond acceptors (Lipinski definition) is 3. The van der Waals surface area contributed by atoms with Crippen molar-refractivity contribution in [3.63, 3.8) is 0 Å². The van der Waals surface area contributed by atoms with Gasteiger partial charge in [-0.3, -0.25) is 0 Å². The van der Waals surface area contributed by atoms with Crippen molar-refractivity contribution in [1.29, 1.82) is 5.26 Å². The minimum absolute atomic E-state index is 0.108. The third kappa shape index (κ3) is 2.91. The van der Waals surface area contributed by atoms with Gasteiger partial charge in [0.1, 0.15) is 11.6 Å². The molecular formula is C14H17FN4. The molecule has 100 valence electrons. The lowest BCUT2D eigenvalue weighted by Crippen LogP contribution is -2.17. The topological polar surface area (TPSA) is 44.9 Å². The van der Waals surface area contributed by atoms with Gasteiger partial charge in [-0.2, -0.15) is 5.26 Å². The minimum atomic E-state index is -0.290. The Morgan fingerprint density at radius 2 is 2.21 bits per heavy atom. The molecule has 0 amide bonds. The first-order valence-electron chi connectivity index (χ1n) is 6.20. The van der Waals surface area contributed by atoms with Crippen molar-refractivity contribution in [3.8, 4) is 6.07 Å². The summed E-state index contributed by atoms with van der Waals surface area (Å²) < 4.78 is 15.3. The summed E-state index contributed by atoms with van der Waals surface area (Å²) in [5.74, 6) is 0.456. The summed E-state index contributed by atoms with van der Waals surface area (Å²) in [6.07, 6.45) is 0. The van der Waals surface area contributed by atoms with Crippen LogP contribution in [0, 0.1) is 23.1 Å². The average Bonchev–Trinajstić information content (AvgIpc) is 2.65. The quantitative estimate of drug-likeness (QED) is 0.848. The van der Waals surface area contributed by atoms with Crippen molar-refractivity contribution in [2.24, 2.45) is 5.92 Å². The maximum atomic E-state index is 13.3. The second-order valence-electron chi connectivity index (χ2n) is 5.04. The fraction of sp³-hybridized carbons (Fsp3) is 0.429. The molecule has 1 aromatic carbocycles. The van der Waals surface area contributed by atoms with Gasteiger partial charge in [0.05, 0.1) is 29.6 Å². The highest BCUT2D eigenvalue weighted by atomic mass is 19.1. The molecule has 2 rings (SSSR count). The SMILES string of the molecule is CC(C#N)Cn1c(CN(C)C)nc2cc(F)ccc21. The maximum Gasteiger partial charge on any atom is 0.125 e. The Morgan fingerprint density at radius 1 is 1.47 bits per heavy atom. The van der Waals surface area contributed by atoms with Gasteiger partial charge in [0.15, 0.2) is 0 Å². The van der Waals surface area contributed by atoms with Crippen LogP contribution in [-0.4, -0.2) is 28.5 Å². The molecule has 0 saturated carbocycles. The summed E-state index contributed by atoms with van der Waals surface area (Å²) in [6, 6.07) is 6.81. The molecule has 0 N–H and O–H groups in total. The third-order valence-corrected chi connectivity index (χ3v) is 2.92. The number of aromatic nitrogens is 2. The molecule has 0 bridgehead atoms. The zero-order chi connectivity index (χ0) is 14.0. The van der Waals surface area contributed by atoms with E-state index < -0.39 is 0 Å². The standard InChI is InChI=1S/C14H17FN4/c1-10(7-16)8-19-13-5-4-11(15)6-12(13)17-14(19)9-18(2)3/h4-6,10H,8-9H2,1-3H3. The highest BCUT2D eigenvalue weighted by Gasteiger charge is 2.14. The van der Waals surface area contributed by atoms with Gasteiger partial charge in [-0.15, -0.1) is 0 Å². The number of hydrogen-bond donors (Lipinski definition) is 0. The highest BCUT2D eigenvalue weighted by Crippen LogP contribution is 2.19. The first-order chi connectivity index (χ1) is 9.01. The normalized spacial score (nSPS) is 12.8. The van der Waals surface area contributed by atoms with E-state index in [-0.39, 0.29) is 11.7 Å². The predicted octanol–water partition coefficient (Wildman–Crippen LogP) is 2.40. The second kappa shape index (κ2) is 5.37. The molecule has 0 aliphatic rings. The van der Waals surface area contributed by atoms with Gasteiger partial charge in [0.2, 0.25) is 0 Å². The Kier molecular flexibility index (Phi) is 3.82. The van der Waals surface area contributed by atoms with Gasteiger partial charge in [0, 0.05) is 12.6 Å². The molecule has 1 unspecified atom stereocenters. The van der Waals surface area contributed by atoms with Gasteiger partial charge >= 0.3 is 0 Å². The van der Waals surface area contributed by atoms with Crippen LogP contribution >= 0.6 is 0 Å². The summed E-state index contributed by atoms with van der Waals surface area (Å²) in [7, 11) is 3.91. The molecule has 0 fully saturated rings. The molecule has 2 aromatic rings. The Hall–Kier alpha value is -1.93. The zero-order valence-corrected chi connectivity index (χ0v) is 11.4. The van der Waals surface area contributed by atoms with E-state index >= 15 is 0 Å². The minimum Gasteiger partial charge on any atom is -0.326 e. The number of nitriles is 1. The number of halogens is 1. The van der Waals surface area contributed by atoms with Crippen molar-refractivity contribution in [3.05, 3.63) is 29.8 Å². The van der Waals surface area contributed by atoms with E-state index in [2.05, 4.69) is 11.1 Å². The summed E-state index contributed by atoms with van der Waals surface area (Å²) in [5, 5.41) is 8.97. The lowest BCUT2D eigenvalue weighted by molar-refractivity contribution is 0.378. The van der Waals surface area contributed by atoms with E-state index in [1.807, 2.05) is 30.5 Å². The van der Waals surface area contributed by atoms with Gasteiger partial charge in [0.25, 0.3) is 0 Å². The first kappa shape index (κ1) is 13.5. The van der Waals surface area contributed by atoms with Crippen molar-refractivity contribution in [2.45, 2.75) is 20.0 Å². The van der Waals surface area contributed by atoms with Gasteiger partial charge in [-0.25, -0.2) is 9.37 Å². The summed E-state index contributed by atoms with van der Waals surface area (Å²) >= 11 is 0. The molecule has 1 heterocycles. The molecule has 1 aromatic heterocycles. The van der Waals surface area contributed by atoms with E-state index in [4.69, 9.17) is 5.26 Å². The van der Waals surface area contributed by atoms with Crippen molar-refractivity contribution in [1.82, 2.24) is 14.5 Å². The molecular weight excluding hydrogens is 243 g/mol. The molecule has 0 aliphatic carbocycles. The smallest absolute Gasteiger partial charge is 0.125 e. The van der Waals surface area contributed by atoms with E-state index in [1.54, 1.807) is 6.07 Å². The predicted molar refractivity (Wildman–Crippen MR) is 71.9 cm³/mol. The fourth-order valence-electron chi connectivity index (χ4n) is 2.07. The Balaban J connectivity index is 2.52. The van der Waals surface area contributed by atoms with Crippen LogP contribution < -0.4 is 0 Å². The van der Waals surface area contributed by atoms with Crippen molar-refractivity contribution < 1.29 is 4.39 Å². The molecule has 5 heteroatoms. The Morgan fingerprint density at radius 3 is 2.84 bits per heavy atom. The van der Waals surface area contributed by atoms with E-state index in [9.17, 15) is 4.39 Å². The van der Waals surface area contributed by atoms with E-state index in [1.165, 1.54) is 12.1 Å². The first-order valence-corrected chi connectivity index (χ1v) is 6.20. The van der Waals surface area contributed by atoms with E-state index in [0.29, 0.717) is 18.6 Å². The van der Waals surface area contributed by atoms with Crippen LogP contribution in [0.2, 0.25) is 0 Å². The number of benzene rings is 1. The average molecular weight is 260 g/mol. The molecule has 19 heavy (non-hydrogen) atoms. The lowest BCUT2D eigenvalue weighted by Gasteiger charge is -2.13. The largest absolute Gasteiger partial charge is 0.326 e. The Bertz CT molecular complexity index is 624. The zero-order valence-electron chi connectivity index (χ0n) is 11.4. The molecule has 0 aliphatic heterocycles. The molecule has 1 atom stereocenters. The van der Waals surface area contributed by atoms with Crippen LogP contribution in [0.25, 0.3) is 11.0 Å². The van der Waals surface area contributed by atoms with Crippen LogP contribution in [0.15, 0.2) is 18.2 Å². The van der Waals surface area contributed by atoms with Gasteiger partial charge < -0.3 is 9.47 Å². The van der Waals surface area contributed by atoms with Crippen molar-refractivity contribution >= 4 is 11.0 Å². The van der Waals surface area contributed by atoms with Crippen LogP contribution in [0.5, 0.6) is 0 Å². The molecule has 4 nitrogen and oxygen atoms in total. The lowest BCUT2D eigenvalue weighted by atomic mass is 10.2. The second-order valence-corrected chi connectivity index (χ2v) is 5.04. The monoisotopic (exact) mass is 260 g/mol. The molecule has 0 radical (unpaired) electrons. The van der Waals surface area contributed by atoms with E-state index in [0.717, 1.165) is 11.3 Å². The summed E-state index contributed by atoms with van der Waals surface area (Å²) in [6.45, 7) is 3.10. The fourth-order valence-corrected chi connectivity index (χ4v) is 2.07. The third-order valence-electron chi connectivity index (χ3n) is 2.92. The van der Waals surface area contributed by atoms with Gasteiger partial charge in [-0.1, -0.05) is 0 Å². The summed E-state index contributed by atoms with van der Waals surface area (Å²) in [5.41, 5.74) is 1.52. The van der Waals surface area contributed by atoms with Crippen LogP contribution in [-0.2, 0) is 13.1 Å². The molecule has 0 saturated heterocycles. The maximum absolute atomic E-state index is 13.3. The summed E-state index contributed by atoms with van der Waals surface area (Å²) in [4.78, 5) is 6.48. The van der Waals surface area contributed by atoms with Crippen molar-refractivity contribution in [2.75, 3.05) is 14.1 Å². The number of rotatable bonds is 4. The Labute approximate surface area is 112 Å². The number of imidazole rings is 1. The van der Waals surface area contributed by atoms with Crippen LogP contribution in [0.4, 0.5) is 4.39 Å². The highest BCUT2D eigenvalue weighted by molar-refractivity contribution is 5.76. The molecule has 0 spiro atoms.